The van der Waals surface area contributed by atoms with Crippen LogP contribution in [0.2, 0.25) is 0 Å². The van der Waals surface area contributed by atoms with Gasteiger partial charge in [-0.25, -0.2) is 0 Å². The highest BCUT2D eigenvalue weighted by Gasteiger charge is 2.21. The molecule has 1 aromatic heterocycles. The van der Waals surface area contributed by atoms with Crippen molar-refractivity contribution in [3.63, 3.8) is 0 Å². The Bertz CT molecular complexity index is 664. The summed E-state index contributed by atoms with van der Waals surface area (Å²) in [5.74, 6) is -1.43. The molecule has 0 spiro atoms. The number of aromatic hydroxyl groups is 1. The summed E-state index contributed by atoms with van der Waals surface area (Å²) in [6, 6.07) is 1.21. The number of nitrogens with one attached hydrogen (secondary N) is 1. The van der Waals surface area contributed by atoms with E-state index in [0.29, 0.717) is 11.1 Å². The summed E-state index contributed by atoms with van der Waals surface area (Å²) in [6.45, 7) is 0. The number of aliphatic carboxylic acids is 1. The third-order valence-electron chi connectivity index (χ3n) is 2.78. The first-order chi connectivity index (χ1) is 8.90. The fraction of sp³-hybridized carbons (Fsp3) is 0.182. The van der Waals surface area contributed by atoms with Crippen molar-refractivity contribution >= 4 is 22.6 Å². The first kappa shape index (κ1) is 12.8. The van der Waals surface area contributed by atoms with Crippen molar-refractivity contribution in [2.45, 2.75) is 12.5 Å². The Morgan fingerprint density at radius 2 is 2.21 bits per heavy atom. The Morgan fingerprint density at radius 3 is 2.79 bits per heavy atom. The summed E-state index contributed by atoms with van der Waals surface area (Å²) >= 11 is 0. The van der Waals surface area contributed by atoms with E-state index in [1.807, 2.05) is 0 Å². The molecule has 0 bridgehead atoms. The lowest BCUT2D eigenvalue weighted by Crippen LogP contribution is -2.32. The predicted octanol–water partition coefficient (Wildman–Crippen LogP) is 0.736. The van der Waals surface area contributed by atoms with Crippen molar-refractivity contribution in [1.82, 2.24) is 4.98 Å². The number of carboxylic acids is 1. The number of nitrogens with two attached hydrogens (primary N) is 1. The fourth-order valence-electron chi connectivity index (χ4n) is 1.93. The molecule has 1 unspecified atom stereocenters. The number of nitro groups is 1. The lowest BCUT2D eigenvalue weighted by Gasteiger charge is -2.05. The summed E-state index contributed by atoms with van der Waals surface area (Å²) in [4.78, 5) is 23.8. The van der Waals surface area contributed by atoms with Gasteiger partial charge in [-0.15, -0.1) is 0 Å². The highest BCUT2D eigenvalue weighted by atomic mass is 16.6. The summed E-state index contributed by atoms with van der Waals surface area (Å²) in [6.07, 6.45) is 1.42. The summed E-state index contributed by atoms with van der Waals surface area (Å²) in [7, 11) is 0. The highest BCUT2D eigenvalue weighted by Crippen LogP contribution is 2.33. The van der Waals surface area contributed by atoms with Crippen molar-refractivity contribution in [1.29, 1.82) is 0 Å². The van der Waals surface area contributed by atoms with Gasteiger partial charge >= 0.3 is 5.97 Å². The number of phenols is 1. The third kappa shape index (κ3) is 2.33. The van der Waals surface area contributed by atoms with Crippen LogP contribution in [-0.4, -0.2) is 32.1 Å². The Balaban J connectivity index is 2.57. The van der Waals surface area contributed by atoms with Crippen LogP contribution < -0.4 is 5.73 Å². The summed E-state index contributed by atoms with van der Waals surface area (Å²) in [5.41, 5.74) is 5.92. The van der Waals surface area contributed by atoms with E-state index in [9.17, 15) is 20.0 Å². The molecule has 8 heteroatoms. The number of carbonyl (C=O) groups is 1. The molecule has 100 valence electrons. The molecule has 19 heavy (non-hydrogen) atoms. The van der Waals surface area contributed by atoms with E-state index in [2.05, 4.69) is 4.98 Å². The number of benzene rings is 1. The SMILES string of the molecule is NC(Cc1c[nH]c2cc(O)cc([N+](=O)[O-])c12)C(=O)O. The molecule has 2 aromatic rings. The quantitative estimate of drug-likeness (QED) is 0.474. The van der Waals surface area contributed by atoms with E-state index >= 15 is 0 Å². The van der Waals surface area contributed by atoms with Crippen molar-refractivity contribution in [2.75, 3.05) is 0 Å². The number of nitro benzene ring substituents is 1. The van der Waals surface area contributed by atoms with Gasteiger partial charge in [-0.3, -0.25) is 14.9 Å². The second kappa shape index (κ2) is 4.58. The van der Waals surface area contributed by atoms with Gasteiger partial charge in [0.2, 0.25) is 0 Å². The second-order valence-corrected chi connectivity index (χ2v) is 4.11. The number of aromatic amines is 1. The predicted molar refractivity (Wildman–Crippen MR) is 65.9 cm³/mol. The van der Waals surface area contributed by atoms with E-state index in [-0.39, 0.29) is 23.2 Å². The maximum Gasteiger partial charge on any atom is 0.320 e. The Morgan fingerprint density at radius 1 is 1.53 bits per heavy atom. The first-order valence-electron chi connectivity index (χ1n) is 5.36. The highest BCUT2D eigenvalue weighted by molar-refractivity contribution is 5.93. The van der Waals surface area contributed by atoms with Gasteiger partial charge in [0.15, 0.2) is 0 Å². The average Bonchev–Trinajstić information content (AvgIpc) is 2.70. The molecule has 0 saturated carbocycles. The van der Waals surface area contributed by atoms with Crippen LogP contribution in [0.25, 0.3) is 10.9 Å². The first-order valence-corrected chi connectivity index (χ1v) is 5.36. The molecule has 0 fully saturated rings. The van der Waals surface area contributed by atoms with Gasteiger partial charge in [-0.1, -0.05) is 0 Å². The van der Waals surface area contributed by atoms with E-state index in [1.165, 1.54) is 12.3 Å². The van der Waals surface area contributed by atoms with Gasteiger partial charge in [0, 0.05) is 18.7 Å². The van der Waals surface area contributed by atoms with Crippen molar-refractivity contribution in [3.8, 4) is 5.75 Å². The molecular weight excluding hydrogens is 254 g/mol. The zero-order valence-electron chi connectivity index (χ0n) is 9.66. The summed E-state index contributed by atoms with van der Waals surface area (Å²) < 4.78 is 0. The number of carboxylic acid groups (broad SMARTS) is 1. The average molecular weight is 265 g/mol. The maximum absolute atomic E-state index is 11.0. The number of non-ortho nitro benzene ring substituents is 1. The number of rotatable bonds is 4. The Hall–Kier alpha value is -2.61. The van der Waals surface area contributed by atoms with Crippen molar-refractivity contribution in [3.05, 3.63) is 34.0 Å². The fourth-order valence-corrected chi connectivity index (χ4v) is 1.93. The monoisotopic (exact) mass is 265 g/mol. The van der Waals surface area contributed by atoms with E-state index in [0.717, 1.165) is 6.07 Å². The van der Waals surface area contributed by atoms with E-state index in [1.54, 1.807) is 0 Å². The van der Waals surface area contributed by atoms with Gasteiger partial charge in [-0.05, 0) is 5.56 Å². The van der Waals surface area contributed by atoms with Crippen LogP contribution in [0.15, 0.2) is 18.3 Å². The number of H-pyrrole nitrogens is 1. The lowest BCUT2D eigenvalue weighted by molar-refractivity contribution is -0.383. The standard InChI is InChI=1S/C11H11N3O5/c12-7(11(16)17)1-5-4-13-8-2-6(15)3-9(10(5)8)14(18)19/h2-4,7,13,15H,1,12H2,(H,16,17). The van der Waals surface area contributed by atoms with Crippen molar-refractivity contribution < 1.29 is 19.9 Å². The van der Waals surface area contributed by atoms with Crippen LogP contribution in [0, 0.1) is 10.1 Å². The molecule has 0 saturated heterocycles. The smallest absolute Gasteiger partial charge is 0.320 e. The van der Waals surface area contributed by atoms with Crippen LogP contribution in [0.4, 0.5) is 5.69 Å². The molecule has 0 radical (unpaired) electrons. The van der Waals surface area contributed by atoms with Crippen LogP contribution in [0.3, 0.4) is 0 Å². The minimum atomic E-state index is -1.18. The Kier molecular flexibility index (Phi) is 3.09. The molecule has 8 nitrogen and oxygen atoms in total. The zero-order chi connectivity index (χ0) is 14.2. The molecular formula is C11H11N3O5. The number of fused-ring (bicyclic) bond motifs is 1. The van der Waals surface area contributed by atoms with Crippen LogP contribution in [0.1, 0.15) is 5.56 Å². The molecule has 0 aliphatic carbocycles. The number of phenolic OH excluding ortho intramolecular Hbond substituents is 1. The molecule has 0 aliphatic rings. The van der Waals surface area contributed by atoms with Gasteiger partial charge in [0.1, 0.15) is 11.8 Å². The minimum absolute atomic E-state index is 0.0407. The normalized spacial score (nSPS) is 12.5. The van der Waals surface area contributed by atoms with Crippen LogP contribution >= 0.6 is 0 Å². The van der Waals surface area contributed by atoms with Gasteiger partial charge < -0.3 is 20.9 Å². The number of hydrogen-bond acceptors (Lipinski definition) is 5. The molecule has 1 heterocycles. The molecule has 1 atom stereocenters. The lowest BCUT2D eigenvalue weighted by atomic mass is 10.0. The molecule has 5 N–H and O–H groups in total. The Labute approximate surface area is 106 Å². The van der Waals surface area contributed by atoms with E-state index < -0.39 is 16.9 Å². The molecule has 1 aromatic carbocycles. The van der Waals surface area contributed by atoms with Gasteiger partial charge in [0.25, 0.3) is 5.69 Å². The van der Waals surface area contributed by atoms with Crippen LogP contribution in [0.5, 0.6) is 5.75 Å². The molecule has 2 rings (SSSR count). The summed E-state index contributed by atoms with van der Waals surface area (Å²) in [5, 5.41) is 29.4. The molecule has 0 amide bonds. The second-order valence-electron chi connectivity index (χ2n) is 4.11. The maximum atomic E-state index is 11.0. The zero-order valence-corrected chi connectivity index (χ0v) is 9.66. The van der Waals surface area contributed by atoms with Gasteiger partial charge in [-0.2, -0.15) is 0 Å². The minimum Gasteiger partial charge on any atom is -0.508 e. The largest absolute Gasteiger partial charge is 0.508 e. The van der Waals surface area contributed by atoms with Crippen LogP contribution in [-0.2, 0) is 11.2 Å². The number of nitrogens with zero attached hydrogens (tertiary/aromatic N) is 1. The number of hydrogen-bond donors (Lipinski definition) is 4. The molecule has 0 aliphatic heterocycles. The third-order valence-corrected chi connectivity index (χ3v) is 2.78. The van der Waals surface area contributed by atoms with Crippen molar-refractivity contribution in [2.24, 2.45) is 5.73 Å². The number of aromatic nitrogens is 1. The topological polar surface area (TPSA) is 142 Å². The van der Waals surface area contributed by atoms with E-state index in [4.69, 9.17) is 10.8 Å². The van der Waals surface area contributed by atoms with Gasteiger partial charge in [0.05, 0.1) is 21.9 Å².